The van der Waals surface area contributed by atoms with Gasteiger partial charge in [0.25, 0.3) is 0 Å². The molecule has 1 atom stereocenters. The summed E-state index contributed by atoms with van der Waals surface area (Å²) in [6, 6.07) is 3.18. The second-order valence-corrected chi connectivity index (χ2v) is 6.53. The number of nitrogens with one attached hydrogen (secondary N) is 1. The summed E-state index contributed by atoms with van der Waals surface area (Å²) in [5.74, 6) is 0. The van der Waals surface area contributed by atoms with Gasteiger partial charge in [-0.05, 0) is 72.6 Å². The summed E-state index contributed by atoms with van der Waals surface area (Å²) in [7, 11) is 2.04. The van der Waals surface area contributed by atoms with E-state index in [4.69, 9.17) is 5.26 Å². The normalized spacial score (nSPS) is 21.3. The standard InChI is InChI=1S/C16H31N3/c1-16(2,14-17)10-5-7-13-19-12-6-4-8-15(19)9-11-18-3/h15,18H,4-13H2,1-3H3. The van der Waals surface area contributed by atoms with Crippen molar-refractivity contribution in [1.29, 1.82) is 5.26 Å². The van der Waals surface area contributed by atoms with E-state index < -0.39 is 0 Å². The van der Waals surface area contributed by atoms with Gasteiger partial charge in [-0.15, -0.1) is 0 Å². The highest BCUT2D eigenvalue weighted by Gasteiger charge is 2.22. The number of unbranched alkanes of at least 4 members (excludes halogenated alkanes) is 1. The van der Waals surface area contributed by atoms with Gasteiger partial charge >= 0.3 is 0 Å². The Labute approximate surface area is 119 Å². The van der Waals surface area contributed by atoms with Crippen molar-refractivity contribution in [3.63, 3.8) is 0 Å². The number of hydrogen-bond acceptors (Lipinski definition) is 3. The second-order valence-electron chi connectivity index (χ2n) is 6.53. The minimum Gasteiger partial charge on any atom is -0.320 e. The van der Waals surface area contributed by atoms with Gasteiger partial charge in [-0.2, -0.15) is 5.26 Å². The Hall–Kier alpha value is -0.590. The van der Waals surface area contributed by atoms with E-state index in [1.165, 1.54) is 51.6 Å². The SMILES string of the molecule is CNCCC1CCCCN1CCCCC(C)(C)C#N. The Kier molecular flexibility index (Phi) is 7.41. The van der Waals surface area contributed by atoms with Crippen LogP contribution in [0.4, 0.5) is 0 Å². The van der Waals surface area contributed by atoms with Crippen LogP contribution < -0.4 is 5.32 Å². The number of nitriles is 1. The van der Waals surface area contributed by atoms with Gasteiger partial charge in [0.2, 0.25) is 0 Å². The number of hydrogen-bond donors (Lipinski definition) is 1. The van der Waals surface area contributed by atoms with Crippen molar-refractivity contribution in [2.24, 2.45) is 5.41 Å². The van der Waals surface area contributed by atoms with Crippen molar-refractivity contribution in [3.8, 4) is 6.07 Å². The summed E-state index contributed by atoms with van der Waals surface area (Å²) >= 11 is 0. The van der Waals surface area contributed by atoms with Crippen molar-refractivity contribution in [2.45, 2.75) is 64.8 Å². The van der Waals surface area contributed by atoms with E-state index in [0.29, 0.717) is 0 Å². The van der Waals surface area contributed by atoms with E-state index in [0.717, 1.165) is 19.0 Å². The molecule has 1 heterocycles. The molecule has 0 radical (unpaired) electrons. The van der Waals surface area contributed by atoms with Crippen LogP contribution in [-0.4, -0.2) is 37.6 Å². The molecule has 1 fully saturated rings. The minimum absolute atomic E-state index is 0.145. The first-order valence-electron chi connectivity index (χ1n) is 7.89. The Balaban J connectivity index is 2.24. The van der Waals surface area contributed by atoms with E-state index in [-0.39, 0.29) is 5.41 Å². The van der Waals surface area contributed by atoms with Crippen LogP contribution in [-0.2, 0) is 0 Å². The Bertz CT molecular complexity index is 280. The predicted octanol–water partition coefficient (Wildman–Crippen LogP) is 3.17. The van der Waals surface area contributed by atoms with Crippen molar-refractivity contribution in [2.75, 3.05) is 26.7 Å². The van der Waals surface area contributed by atoms with Crippen LogP contribution in [0.5, 0.6) is 0 Å². The third kappa shape index (κ3) is 6.40. The topological polar surface area (TPSA) is 39.1 Å². The summed E-state index contributed by atoms with van der Waals surface area (Å²) in [6.45, 7) is 7.71. The van der Waals surface area contributed by atoms with Crippen molar-refractivity contribution in [1.82, 2.24) is 10.2 Å². The first-order valence-corrected chi connectivity index (χ1v) is 7.89. The van der Waals surface area contributed by atoms with Crippen LogP contribution in [0.2, 0.25) is 0 Å². The van der Waals surface area contributed by atoms with E-state index in [9.17, 15) is 0 Å². The average molecular weight is 265 g/mol. The molecule has 0 aromatic carbocycles. The molecule has 1 aliphatic rings. The fourth-order valence-corrected chi connectivity index (χ4v) is 2.93. The van der Waals surface area contributed by atoms with Crippen molar-refractivity contribution < 1.29 is 0 Å². The molecule has 1 N–H and O–H groups in total. The zero-order chi connectivity index (χ0) is 14.1. The van der Waals surface area contributed by atoms with Gasteiger partial charge < -0.3 is 10.2 Å². The number of likely N-dealkylation sites (tertiary alicyclic amines) is 1. The molecular weight excluding hydrogens is 234 g/mol. The molecule has 1 unspecified atom stereocenters. The van der Waals surface area contributed by atoms with E-state index >= 15 is 0 Å². The Morgan fingerprint density at radius 3 is 2.79 bits per heavy atom. The molecule has 110 valence electrons. The largest absolute Gasteiger partial charge is 0.320 e. The second kappa shape index (κ2) is 8.55. The molecule has 0 aromatic rings. The van der Waals surface area contributed by atoms with E-state index in [1.54, 1.807) is 0 Å². The molecule has 1 aliphatic heterocycles. The van der Waals surface area contributed by atoms with E-state index in [2.05, 4.69) is 16.3 Å². The molecule has 1 saturated heterocycles. The van der Waals surface area contributed by atoms with Crippen LogP contribution in [0.25, 0.3) is 0 Å². The molecule has 0 aromatic heterocycles. The molecular formula is C16H31N3. The minimum atomic E-state index is -0.145. The van der Waals surface area contributed by atoms with Crippen LogP contribution in [0.1, 0.15) is 58.8 Å². The zero-order valence-corrected chi connectivity index (χ0v) is 13.0. The summed E-state index contributed by atoms with van der Waals surface area (Å²) in [6.07, 6.45) is 8.84. The molecule has 0 bridgehead atoms. The lowest BCUT2D eigenvalue weighted by Crippen LogP contribution is -2.41. The van der Waals surface area contributed by atoms with Gasteiger partial charge in [-0.1, -0.05) is 12.8 Å². The first-order chi connectivity index (χ1) is 9.09. The monoisotopic (exact) mass is 265 g/mol. The third-order valence-electron chi connectivity index (χ3n) is 4.28. The summed E-state index contributed by atoms with van der Waals surface area (Å²) in [5, 5.41) is 12.3. The predicted molar refractivity (Wildman–Crippen MR) is 81.0 cm³/mol. The van der Waals surface area contributed by atoms with Crippen LogP contribution in [0, 0.1) is 16.7 Å². The average Bonchev–Trinajstić information content (AvgIpc) is 2.42. The maximum Gasteiger partial charge on any atom is 0.0683 e. The van der Waals surface area contributed by atoms with Crippen molar-refractivity contribution >= 4 is 0 Å². The lowest BCUT2D eigenvalue weighted by Gasteiger charge is -2.36. The van der Waals surface area contributed by atoms with Gasteiger partial charge in [0.15, 0.2) is 0 Å². The Morgan fingerprint density at radius 1 is 1.32 bits per heavy atom. The first kappa shape index (κ1) is 16.5. The van der Waals surface area contributed by atoms with Gasteiger partial charge in [0.05, 0.1) is 11.5 Å². The van der Waals surface area contributed by atoms with Gasteiger partial charge in [-0.25, -0.2) is 0 Å². The molecule has 0 aliphatic carbocycles. The molecule has 3 heteroatoms. The highest BCUT2D eigenvalue weighted by Crippen LogP contribution is 2.23. The summed E-state index contributed by atoms with van der Waals surface area (Å²) in [5.41, 5.74) is -0.145. The number of piperidine rings is 1. The molecule has 0 saturated carbocycles. The maximum absolute atomic E-state index is 9.01. The highest BCUT2D eigenvalue weighted by atomic mass is 15.2. The fourth-order valence-electron chi connectivity index (χ4n) is 2.93. The molecule has 1 rings (SSSR count). The quantitative estimate of drug-likeness (QED) is 0.685. The summed E-state index contributed by atoms with van der Waals surface area (Å²) < 4.78 is 0. The van der Waals surface area contributed by atoms with Crippen LogP contribution in [0.15, 0.2) is 0 Å². The van der Waals surface area contributed by atoms with Crippen molar-refractivity contribution in [3.05, 3.63) is 0 Å². The Morgan fingerprint density at radius 2 is 2.11 bits per heavy atom. The van der Waals surface area contributed by atoms with E-state index in [1.807, 2.05) is 20.9 Å². The van der Waals surface area contributed by atoms with Crippen LogP contribution >= 0.6 is 0 Å². The van der Waals surface area contributed by atoms with Gasteiger partial charge in [0, 0.05) is 6.04 Å². The van der Waals surface area contributed by atoms with Gasteiger partial charge in [-0.3, -0.25) is 0 Å². The molecule has 3 nitrogen and oxygen atoms in total. The molecule has 0 spiro atoms. The number of nitrogens with zero attached hydrogens (tertiary/aromatic N) is 2. The van der Waals surface area contributed by atoms with Gasteiger partial charge in [0.1, 0.15) is 0 Å². The summed E-state index contributed by atoms with van der Waals surface area (Å²) in [4.78, 5) is 2.68. The smallest absolute Gasteiger partial charge is 0.0683 e. The zero-order valence-electron chi connectivity index (χ0n) is 13.0. The highest BCUT2D eigenvalue weighted by molar-refractivity contribution is 4.91. The molecule has 0 amide bonds. The fraction of sp³-hybridized carbons (Fsp3) is 0.938. The van der Waals surface area contributed by atoms with Crippen LogP contribution in [0.3, 0.4) is 0 Å². The third-order valence-corrected chi connectivity index (χ3v) is 4.28. The molecule has 19 heavy (non-hydrogen) atoms. The lowest BCUT2D eigenvalue weighted by atomic mass is 9.89. The number of rotatable bonds is 8. The maximum atomic E-state index is 9.01. The lowest BCUT2D eigenvalue weighted by molar-refractivity contribution is 0.136.